The number of aromatic nitrogens is 4. The van der Waals surface area contributed by atoms with Crippen LogP contribution in [-0.2, 0) is 24.2 Å². The lowest BCUT2D eigenvalue weighted by Gasteiger charge is -2.08. The van der Waals surface area contributed by atoms with E-state index in [4.69, 9.17) is 15.2 Å². The molecular formula is C25H28N6O4. The maximum Gasteiger partial charge on any atom is 0.328 e. The summed E-state index contributed by atoms with van der Waals surface area (Å²) in [7, 11) is 1.56. The average molecular weight is 477 g/mol. The molecule has 0 spiro atoms. The number of nitrogens with zero attached hydrogens (tertiary/aromatic N) is 3. The van der Waals surface area contributed by atoms with Crippen LogP contribution in [0, 0.1) is 0 Å². The SMILES string of the molecule is CCc1ccc(CNC(=O)c2ccc(Cn3c(=O)[nH]c4c(N)nc(OCCOC)nc43)cc2)cc1. The highest BCUT2D eigenvalue weighted by Crippen LogP contribution is 2.18. The number of fused-ring (bicyclic) bond motifs is 1. The van der Waals surface area contributed by atoms with Crippen LogP contribution >= 0.6 is 0 Å². The highest BCUT2D eigenvalue weighted by Gasteiger charge is 2.15. The predicted octanol–water partition coefficient (Wildman–Crippen LogP) is 2.27. The minimum atomic E-state index is -0.369. The van der Waals surface area contributed by atoms with E-state index in [1.807, 2.05) is 12.1 Å². The van der Waals surface area contributed by atoms with Crippen LogP contribution in [0.2, 0.25) is 0 Å². The smallest absolute Gasteiger partial charge is 0.328 e. The number of H-pyrrole nitrogens is 1. The summed E-state index contributed by atoms with van der Waals surface area (Å²) in [5.41, 5.74) is 9.95. The summed E-state index contributed by atoms with van der Waals surface area (Å²) < 4.78 is 11.9. The number of benzene rings is 2. The van der Waals surface area contributed by atoms with Gasteiger partial charge in [0.15, 0.2) is 11.5 Å². The zero-order valence-electron chi connectivity index (χ0n) is 19.7. The van der Waals surface area contributed by atoms with Crippen molar-refractivity contribution in [3.8, 4) is 6.01 Å². The van der Waals surface area contributed by atoms with E-state index in [0.717, 1.165) is 17.5 Å². The van der Waals surface area contributed by atoms with Crippen molar-refractivity contribution >= 4 is 22.9 Å². The van der Waals surface area contributed by atoms with Crippen LogP contribution in [0.25, 0.3) is 11.2 Å². The quantitative estimate of drug-likeness (QED) is 0.299. The standard InChI is InChI=1S/C25H28N6O4/c1-3-16-4-6-17(7-5-16)14-27-23(32)19-10-8-18(9-11-19)15-31-22-20(28-25(31)33)21(26)29-24(30-22)35-13-12-34-2/h4-11H,3,12-15H2,1-2H3,(H,27,32)(H,28,33)(H2,26,29,30). The Morgan fingerprint density at radius 3 is 2.40 bits per heavy atom. The Morgan fingerprint density at radius 1 is 1.03 bits per heavy atom. The first-order chi connectivity index (χ1) is 17.0. The van der Waals surface area contributed by atoms with E-state index in [2.05, 4.69) is 39.3 Å². The van der Waals surface area contributed by atoms with Crippen molar-refractivity contribution in [2.75, 3.05) is 26.1 Å². The first kappa shape index (κ1) is 24.0. The Morgan fingerprint density at radius 2 is 1.71 bits per heavy atom. The third-order valence-corrected chi connectivity index (χ3v) is 5.59. The Balaban J connectivity index is 1.45. The maximum absolute atomic E-state index is 12.6. The minimum absolute atomic E-state index is 0.0659. The van der Waals surface area contributed by atoms with Crippen LogP contribution < -0.4 is 21.5 Å². The number of aromatic amines is 1. The molecule has 0 bridgehead atoms. The van der Waals surface area contributed by atoms with E-state index in [1.165, 1.54) is 10.1 Å². The van der Waals surface area contributed by atoms with Gasteiger partial charge in [-0.1, -0.05) is 43.3 Å². The van der Waals surface area contributed by atoms with E-state index in [9.17, 15) is 9.59 Å². The molecule has 2 aromatic heterocycles. The number of aryl methyl sites for hydroxylation is 1. The molecule has 0 aliphatic heterocycles. The monoisotopic (exact) mass is 476 g/mol. The van der Waals surface area contributed by atoms with E-state index < -0.39 is 0 Å². The van der Waals surface area contributed by atoms with Crippen molar-refractivity contribution in [2.24, 2.45) is 0 Å². The van der Waals surface area contributed by atoms with Crippen molar-refractivity contribution < 1.29 is 14.3 Å². The van der Waals surface area contributed by atoms with Crippen LogP contribution in [0.15, 0.2) is 53.3 Å². The van der Waals surface area contributed by atoms with Gasteiger partial charge >= 0.3 is 11.7 Å². The third-order valence-electron chi connectivity index (χ3n) is 5.59. The summed E-state index contributed by atoms with van der Waals surface area (Å²) in [6.07, 6.45) is 0.979. The van der Waals surface area contributed by atoms with Crippen molar-refractivity contribution in [1.29, 1.82) is 0 Å². The van der Waals surface area contributed by atoms with Crippen molar-refractivity contribution in [3.05, 3.63) is 81.3 Å². The van der Waals surface area contributed by atoms with Gasteiger partial charge in [-0.2, -0.15) is 9.97 Å². The van der Waals surface area contributed by atoms with E-state index >= 15 is 0 Å². The second-order valence-corrected chi connectivity index (χ2v) is 8.00. The van der Waals surface area contributed by atoms with Gasteiger partial charge in [-0.05, 0) is 35.2 Å². The lowest BCUT2D eigenvalue weighted by molar-refractivity contribution is 0.0951. The lowest BCUT2D eigenvalue weighted by atomic mass is 10.1. The number of hydrogen-bond donors (Lipinski definition) is 3. The minimum Gasteiger partial charge on any atom is -0.461 e. The fourth-order valence-electron chi connectivity index (χ4n) is 3.58. The largest absolute Gasteiger partial charge is 0.461 e. The summed E-state index contributed by atoms with van der Waals surface area (Å²) >= 11 is 0. The van der Waals surface area contributed by atoms with Crippen LogP contribution in [0.5, 0.6) is 6.01 Å². The summed E-state index contributed by atoms with van der Waals surface area (Å²) in [5.74, 6) is -0.0478. The molecule has 2 heterocycles. The van der Waals surface area contributed by atoms with E-state index in [0.29, 0.717) is 29.9 Å². The molecule has 0 saturated carbocycles. The molecule has 4 N–H and O–H groups in total. The van der Waals surface area contributed by atoms with Gasteiger partial charge in [-0.15, -0.1) is 0 Å². The van der Waals surface area contributed by atoms with E-state index in [-0.39, 0.29) is 36.6 Å². The first-order valence-electron chi connectivity index (χ1n) is 11.3. The fourth-order valence-corrected chi connectivity index (χ4v) is 3.58. The molecule has 0 unspecified atom stereocenters. The van der Waals surface area contributed by atoms with Gasteiger partial charge in [-0.3, -0.25) is 9.36 Å². The highest BCUT2D eigenvalue weighted by atomic mass is 16.5. The number of carbonyl (C=O) groups is 1. The molecule has 4 aromatic rings. The van der Waals surface area contributed by atoms with Crippen LogP contribution in [0.4, 0.5) is 5.82 Å². The van der Waals surface area contributed by atoms with Gasteiger partial charge in [-0.25, -0.2) is 4.79 Å². The Hall–Kier alpha value is -4.18. The van der Waals surface area contributed by atoms with Gasteiger partial charge < -0.3 is 25.5 Å². The van der Waals surface area contributed by atoms with Crippen LogP contribution in [-0.4, -0.2) is 45.7 Å². The molecule has 0 fully saturated rings. The Labute approximate surface area is 202 Å². The number of anilines is 1. The zero-order chi connectivity index (χ0) is 24.8. The second kappa shape index (κ2) is 10.8. The number of nitrogens with two attached hydrogens (primary N) is 1. The number of methoxy groups -OCH3 is 1. The summed E-state index contributed by atoms with van der Waals surface area (Å²) in [5, 5.41) is 2.93. The van der Waals surface area contributed by atoms with Crippen molar-refractivity contribution in [2.45, 2.75) is 26.4 Å². The number of amides is 1. The number of carbonyl (C=O) groups excluding carboxylic acids is 1. The summed E-state index contributed by atoms with van der Waals surface area (Å²) in [4.78, 5) is 36.2. The number of nitrogens with one attached hydrogen (secondary N) is 2. The van der Waals surface area contributed by atoms with Gasteiger partial charge in [0.2, 0.25) is 0 Å². The molecule has 0 saturated heterocycles. The second-order valence-electron chi connectivity index (χ2n) is 8.00. The first-order valence-corrected chi connectivity index (χ1v) is 11.3. The molecule has 2 aromatic carbocycles. The number of ether oxygens (including phenoxy) is 2. The maximum atomic E-state index is 12.6. The molecule has 0 aliphatic rings. The average Bonchev–Trinajstić information content (AvgIpc) is 3.19. The van der Waals surface area contributed by atoms with Crippen molar-refractivity contribution in [3.63, 3.8) is 0 Å². The number of imidazole rings is 1. The topological polar surface area (TPSA) is 137 Å². The van der Waals surface area contributed by atoms with E-state index in [1.54, 1.807) is 31.4 Å². The normalized spacial score (nSPS) is 11.0. The molecule has 10 heteroatoms. The molecule has 1 amide bonds. The molecule has 182 valence electrons. The van der Waals surface area contributed by atoms with Crippen LogP contribution in [0.3, 0.4) is 0 Å². The molecular weight excluding hydrogens is 448 g/mol. The van der Waals surface area contributed by atoms with Crippen LogP contribution in [0.1, 0.15) is 34.0 Å². The van der Waals surface area contributed by atoms with Gasteiger partial charge in [0.1, 0.15) is 12.1 Å². The molecule has 10 nitrogen and oxygen atoms in total. The molecule has 4 rings (SSSR count). The van der Waals surface area contributed by atoms with Gasteiger partial charge in [0.25, 0.3) is 5.91 Å². The number of hydrogen-bond acceptors (Lipinski definition) is 7. The van der Waals surface area contributed by atoms with Gasteiger partial charge in [0, 0.05) is 19.2 Å². The third kappa shape index (κ3) is 5.67. The van der Waals surface area contributed by atoms with Crippen molar-refractivity contribution in [1.82, 2.24) is 24.8 Å². The molecule has 35 heavy (non-hydrogen) atoms. The molecule has 0 atom stereocenters. The highest BCUT2D eigenvalue weighted by molar-refractivity contribution is 5.94. The Bertz CT molecular complexity index is 1360. The van der Waals surface area contributed by atoms with Gasteiger partial charge in [0.05, 0.1) is 13.2 Å². The number of rotatable bonds is 10. The Kier molecular flexibility index (Phi) is 7.41. The fraction of sp³-hybridized carbons (Fsp3) is 0.280. The summed E-state index contributed by atoms with van der Waals surface area (Å²) in [6, 6.07) is 15.3. The lowest BCUT2D eigenvalue weighted by Crippen LogP contribution is -2.23. The summed E-state index contributed by atoms with van der Waals surface area (Å²) in [6.45, 7) is 3.41. The molecule has 0 radical (unpaired) electrons. The zero-order valence-corrected chi connectivity index (χ0v) is 19.7. The number of nitrogen functional groups attached to an aromatic ring is 1. The predicted molar refractivity (Wildman–Crippen MR) is 132 cm³/mol. The molecule has 0 aliphatic carbocycles.